The molecule has 0 N–H and O–H groups in total. The van der Waals surface area contributed by atoms with Crippen LogP contribution < -0.4 is 4.90 Å². The highest BCUT2D eigenvalue weighted by Gasteiger charge is 2.44. The van der Waals surface area contributed by atoms with Crippen LogP contribution in [0.15, 0.2) is 60.7 Å². The lowest BCUT2D eigenvalue weighted by Gasteiger charge is -2.34. The zero-order valence-corrected chi connectivity index (χ0v) is 17.4. The van der Waals surface area contributed by atoms with E-state index in [2.05, 4.69) is 97.8 Å². The quantitative estimate of drug-likeness (QED) is 0.353. The Morgan fingerprint density at radius 2 is 1.69 bits per heavy atom. The van der Waals surface area contributed by atoms with Crippen molar-refractivity contribution in [2.45, 2.75) is 45.6 Å². The van der Waals surface area contributed by atoms with Crippen molar-refractivity contribution >= 4 is 22.4 Å². The summed E-state index contributed by atoms with van der Waals surface area (Å²) in [6, 6.07) is 22.3. The molecule has 3 aromatic carbocycles. The number of hydrogen-bond donors (Lipinski definition) is 0. The third-order valence-corrected chi connectivity index (χ3v) is 7.20. The second kappa shape index (κ2) is 5.50. The van der Waals surface area contributed by atoms with Crippen molar-refractivity contribution in [2.24, 2.45) is 0 Å². The molecule has 3 heterocycles. The van der Waals surface area contributed by atoms with Gasteiger partial charge in [0.1, 0.15) is 5.82 Å². The van der Waals surface area contributed by atoms with Gasteiger partial charge in [0.05, 0.1) is 22.4 Å². The van der Waals surface area contributed by atoms with E-state index in [1.165, 1.54) is 39.3 Å². The third-order valence-electron chi connectivity index (χ3n) is 7.20. The molecular formula is C26H25N3. The van der Waals surface area contributed by atoms with E-state index in [0.29, 0.717) is 6.04 Å². The first-order valence-electron chi connectivity index (χ1n) is 10.5. The molecule has 0 aliphatic carbocycles. The maximum absolute atomic E-state index is 4.94. The van der Waals surface area contributed by atoms with Gasteiger partial charge in [-0.25, -0.2) is 4.98 Å². The average molecular weight is 380 g/mol. The molecule has 29 heavy (non-hydrogen) atoms. The van der Waals surface area contributed by atoms with Crippen molar-refractivity contribution in [3.63, 3.8) is 0 Å². The van der Waals surface area contributed by atoms with Crippen LogP contribution in [0.1, 0.15) is 43.3 Å². The van der Waals surface area contributed by atoms with Gasteiger partial charge in [0.15, 0.2) is 0 Å². The molecule has 4 aromatic rings. The largest absolute Gasteiger partial charge is 0.337 e. The van der Waals surface area contributed by atoms with E-state index in [0.717, 1.165) is 17.8 Å². The summed E-state index contributed by atoms with van der Waals surface area (Å²) in [7, 11) is 0. The van der Waals surface area contributed by atoms with E-state index < -0.39 is 0 Å². The van der Waals surface area contributed by atoms with Crippen LogP contribution in [0.4, 0.5) is 11.4 Å². The Bertz CT molecular complexity index is 1290. The van der Waals surface area contributed by atoms with Crippen LogP contribution in [0, 0.1) is 6.92 Å². The predicted molar refractivity (Wildman–Crippen MR) is 120 cm³/mol. The Balaban J connectivity index is 1.61. The SMILES string of the molecule is Cc1ccc2c(c1N1c3ccccc3C(C)(C)C1C)Cc1nc3ccccc3n1-2. The molecule has 6 rings (SSSR count). The Morgan fingerprint density at radius 1 is 0.931 bits per heavy atom. The van der Waals surface area contributed by atoms with Crippen LogP contribution in [0.3, 0.4) is 0 Å². The highest BCUT2D eigenvalue weighted by Crippen LogP contribution is 2.51. The zero-order chi connectivity index (χ0) is 19.9. The van der Waals surface area contributed by atoms with Gasteiger partial charge in [-0.3, -0.25) is 4.57 Å². The number of benzene rings is 3. The van der Waals surface area contributed by atoms with Gasteiger partial charge >= 0.3 is 0 Å². The second-order valence-corrected chi connectivity index (χ2v) is 9.04. The van der Waals surface area contributed by atoms with E-state index in [-0.39, 0.29) is 5.41 Å². The molecule has 144 valence electrons. The fourth-order valence-electron chi connectivity index (χ4n) is 5.38. The molecule has 0 saturated carbocycles. The highest BCUT2D eigenvalue weighted by molar-refractivity contribution is 5.85. The van der Waals surface area contributed by atoms with E-state index in [1.807, 2.05) is 0 Å². The number of imidazole rings is 1. The standard InChI is InChI=1S/C26H25N3/c1-16-13-14-21-18(15-24-27-20-10-6-8-12-23(20)29(21)24)25(16)28-17(2)26(3,4)19-9-5-7-11-22(19)28/h5-14,17H,15H2,1-4H3. The van der Waals surface area contributed by atoms with Gasteiger partial charge in [-0.1, -0.05) is 50.2 Å². The number of nitrogens with zero attached hydrogens (tertiary/aromatic N) is 3. The molecule has 1 unspecified atom stereocenters. The minimum atomic E-state index is 0.102. The van der Waals surface area contributed by atoms with Crippen molar-refractivity contribution in [1.29, 1.82) is 0 Å². The summed E-state index contributed by atoms with van der Waals surface area (Å²) >= 11 is 0. The van der Waals surface area contributed by atoms with Gasteiger partial charge in [-0.05, 0) is 49.2 Å². The van der Waals surface area contributed by atoms with E-state index in [9.17, 15) is 0 Å². The minimum absolute atomic E-state index is 0.102. The van der Waals surface area contributed by atoms with Crippen molar-refractivity contribution in [1.82, 2.24) is 9.55 Å². The molecule has 3 nitrogen and oxygen atoms in total. The van der Waals surface area contributed by atoms with Crippen molar-refractivity contribution in [3.05, 3.63) is 83.2 Å². The number of rotatable bonds is 1. The zero-order valence-electron chi connectivity index (χ0n) is 17.4. The van der Waals surface area contributed by atoms with Crippen LogP contribution in [0.2, 0.25) is 0 Å². The molecule has 1 atom stereocenters. The summed E-state index contributed by atoms with van der Waals surface area (Å²) < 4.78 is 2.35. The Hall–Kier alpha value is -3.07. The van der Waals surface area contributed by atoms with Gasteiger partial charge in [0.2, 0.25) is 0 Å². The van der Waals surface area contributed by atoms with Gasteiger partial charge in [-0.15, -0.1) is 0 Å². The van der Waals surface area contributed by atoms with E-state index in [1.54, 1.807) is 0 Å². The Morgan fingerprint density at radius 3 is 2.55 bits per heavy atom. The average Bonchev–Trinajstić information content (AvgIpc) is 3.31. The maximum atomic E-state index is 4.94. The predicted octanol–water partition coefficient (Wildman–Crippen LogP) is 6.06. The van der Waals surface area contributed by atoms with Crippen LogP contribution in [-0.4, -0.2) is 15.6 Å². The second-order valence-electron chi connectivity index (χ2n) is 9.04. The molecule has 2 aliphatic rings. The summed E-state index contributed by atoms with van der Waals surface area (Å²) in [6.07, 6.45) is 0.882. The maximum Gasteiger partial charge on any atom is 0.119 e. The first kappa shape index (κ1) is 16.8. The molecule has 0 bridgehead atoms. The molecular weight excluding hydrogens is 354 g/mol. The number of anilines is 2. The summed E-state index contributed by atoms with van der Waals surface area (Å²) in [6.45, 7) is 9.35. The molecule has 2 aliphatic heterocycles. The number of aryl methyl sites for hydroxylation is 1. The first-order valence-corrected chi connectivity index (χ1v) is 10.5. The highest BCUT2D eigenvalue weighted by atomic mass is 15.2. The third kappa shape index (κ3) is 2.05. The minimum Gasteiger partial charge on any atom is -0.337 e. The monoisotopic (exact) mass is 379 g/mol. The molecule has 0 fully saturated rings. The summed E-state index contributed by atoms with van der Waals surface area (Å²) in [5.74, 6) is 1.15. The summed E-state index contributed by atoms with van der Waals surface area (Å²) in [4.78, 5) is 7.52. The number of fused-ring (bicyclic) bond motifs is 6. The Kier molecular flexibility index (Phi) is 3.20. The number of aromatic nitrogens is 2. The van der Waals surface area contributed by atoms with Gasteiger partial charge in [0.25, 0.3) is 0 Å². The van der Waals surface area contributed by atoms with Crippen LogP contribution in [0.5, 0.6) is 0 Å². The molecule has 0 radical (unpaired) electrons. The van der Waals surface area contributed by atoms with Crippen LogP contribution in [0.25, 0.3) is 16.7 Å². The Labute approximate surface area is 171 Å². The number of para-hydroxylation sites is 3. The van der Waals surface area contributed by atoms with Gasteiger partial charge < -0.3 is 4.90 Å². The fraction of sp³-hybridized carbons (Fsp3) is 0.269. The topological polar surface area (TPSA) is 21.1 Å². The van der Waals surface area contributed by atoms with Crippen LogP contribution in [-0.2, 0) is 11.8 Å². The van der Waals surface area contributed by atoms with Crippen LogP contribution >= 0.6 is 0 Å². The van der Waals surface area contributed by atoms with Gasteiger partial charge in [0, 0.05) is 29.1 Å². The number of hydrogen-bond acceptors (Lipinski definition) is 2. The van der Waals surface area contributed by atoms with Crippen molar-refractivity contribution < 1.29 is 0 Å². The normalized spacial score (nSPS) is 18.8. The lowest BCUT2D eigenvalue weighted by Crippen LogP contribution is -2.36. The smallest absolute Gasteiger partial charge is 0.119 e. The van der Waals surface area contributed by atoms with E-state index in [4.69, 9.17) is 4.98 Å². The molecule has 0 spiro atoms. The first-order chi connectivity index (χ1) is 14.0. The van der Waals surface area contributed by atoms with Crippen molar-refractivity contribution in [3.8, 4) is 5.69 Å². The fourth-order valence-corrected chi connectivity index (χ4v) is 5.38. The summed E-state index contributed by atoms with van der Waals surface area (Å²) in [5, 5.41) is 0. The lowest BCUT2D eigenvalue weighted by atomic mass is 9.81. The van der Waals surface area contributed by atoms with Gasteiger partial charge in [-0.2, -0.15) is 0 Å². The molecule has 3 heteroatoms. The molecule has 0 saturated heterocycles. The molecule has 1 aromatic heterocycles. The van der Waals surface area contributed by atoms with E-state index >= 15 is 0 Å². The molecule has 0 amide bonds. The summed E-state index contributed by atoms with van der Waals surface area (Å²) in [5.41, 5.74) is 10.5. The van der Waals surface area contributed by atoms with Crippen molar-refractivity contribution in [2.75, 3.05) is 4.90 Å². The lowest BCUT2D eigenvalue weighted by molar-refractivity contribution is 0.461.